The number of aliphatic hydroxyl groups excluding tert-OH is 3. The molecule has 15 unspecified atom stereocenters. The zero-order valence-electron chi connectivity index (χ0n) is 47.7. The zero-order chi connectivity index (χ0) is 54.9. The van der Waals surface area contributed by atoms with Crippen molar-refractivity contribution in [3.63, 3.8) is 0 Å². The Hall–Kier alpha value is -5.81. The van der Waals surface area contributed by atoms with Crippen LogP contribution in [0.25, 0.3) is 17.2 Å². The summed E-state index contributed by atoms with van der Waals surface area (Å²) in [6.45, 7) is 3.99. The number of carboxylic acids is 1. The largest absolute Gasteiger partial charge is 0.516 e. The van der Waals surface area contributed by atoms with E-state index in [1.54, 1.807) is 11.1 Å². The third-order valence-electron chi connectivity index (χ3n) is 25.0. The summed E-state index contributed by atoms with van der Waals surface area (Å²) < 4.78 is 0. The first-order chi connectivity index (χ1) is 39.5. The van der Waals surface area contributed by atoms with Crippen molar-refractivity contribution in [1.82, 2.24) is 10.6 Å². The molecule has 2 spiro atoms. The van der Waals surface area contributed by atoms with Gasteiger partial charge in [0, 0.05) is 65.3 Å². The van der Waals surface area contributed by atoms with Gasteiger partial charge in [-0.2, -0.15) is 0 Å². The van der Waals surface area contributed by atoms with E-state index in [9.17, 15) is 25.2 Å². The van der Waals surface area contributed by atoms with E-state index in [1.807, 2.05) is 0 Å². The highest BCUT2D eigenvalue weighted by atomic mass is 16.4. The van der Waals surface area contributed by atoms with Crippen LogP contribution in [0.4, 0.5) is 0 Å². The molecule has 15 atom stereocenters. The molecule has 3 aromatic carbocycles. The fourth-order valence-electron chi connectivity index (χ4n) is 22.1. The van der Waals surface area contributed by atoms with E-state index in [1.165, 1.54) is 69.4 Å². The van der Waals surface area contributed by atoms with Crippen LogP contribution < -0.4 is 21.1 Å². The van der Waals surface area contributed by atoms with E-state index in [2.05, 4.69) is 145 Å². The quantitative estimate of drug-likeness (QED) is 0.0874. The number of nitrogens with one attached hydrogen (secondary N) is 2. The van der Waals surface area contributed by atoms with Crippen molar-refractivity contribution < 1.29 is 25.2 Å². The number of allylic oxidation sites excluding steroid dienone is 9. The molecule has 0 aromatic heterocycles. The topological polar surface area (TPSA) is 122 Å². The highest BCUT2D eigenvalue weighted by molar-refractivity contribution is 5.80. The third kappa shape index (κ3) is 7.69. The Morgan fingerprint density at radius 3 is 2.56 bits per heavy atom. The summed E-state index contributed by atoms with van der Waals surface area (Å²) in [6.07, 6.45) is 32.7. The number of fused-ring (bicyclic) bond motifs is 1. The molecular formula is C74H84N2O5. The van der Waals surface area contributed by atoms with Crippen molar-refractivity contribution >= 4 is 23.2 Å². The van der Waals surface area contributed by atoms with Crippen LogP contribution in [-0.4, -0.2) is 51.7 Å². The number of aliphatic carboxylic acids is 1. The standard InChI is InChI=1S/C74H84N2O5/c1-70-54-36-47(35-46-15-4-2-5-16-46)40-73(70)43-63(78)67(70)58(68(80)81)27-25-53(45-77)55(48-17-6-3-7-18-48)24-13-34-75-65-28-26-52(44-76-65)49-20-12-21-50(37-49)56-23-10-11-31-72-32-14-30-71-41-59-60(38-51-19-8-9-22-57(51)66(56)59)74(69(71)72,33-29-64(72)79)61(39-54)62(73)42-71/h2,4-5,8-9,12,14-16,19-22,26,28,30,37-38,41,45,47-48,54-56,58,60,63-64,67,69,75-79H,3,6-7,13,17-18,23-25,27,29,31-36,39-40,42-44H2,1H3,(H,80,81). The molecule has 3 aromatic rings. The Morgan fingerprint density at radius 2 is 1.73 bits per heavy atom. The predicted molar refractivity (Wildman–Crippen MR) is 321 cm³/mol. The van der Waals surface area contributed by atoms with Crippen LogP contribution in [0.2, 0.25) is 0 Å². The van der Waals surface area contributed by atoms with Gasteiger partial charge in [0.05, 0.1) is 30.2 Å². The van der Waals surface area contributed by atoms with E-state index >= 15 is 0 Å². The molecule has 6 N–H and O–H groups in total. The third-order valence-corrected chi connectivity index (χ3v) is 25.0. The van der Waals surface area contributed by atoms with E-state index in [-0.39, 0.29) is 35.0 Å². The monoisotopic (exact) mass is 1080 g/mol. The Labute approximate surface area is 480 Å². The maximum absolute atomic E-state index is 14.5. The average molecular weight is 1080 g/mol. The van der Waals surface area contributed by atoms with Gasteiger partial charge in [-0.25, -0.2) is 0 Å². The lowest BCUT2D eigenvalue weighted by Gasteiger charge is -2.74. The average Bonchev–Trinajstić information content (AvgIpc) is 1.90. The van der Waals surface area contributed by atoms with Crippen LogP contribution in [0.5, 0.6) is 0 Å². The SMILES string of the molecule is CC12C3CC4=C5CC67C=CCC89CC#CCC(C%10=c%11ccccc%11=CC(C%10=C6)C4(CCC8O)C79)c4cccc(c4)C4=CC=C(NCCCC(C6CCCCC6)C(=CO)CCC(C(=O)O)C1C(O)CC52CC(Cc1ccccc1)C3)NC4. The number of carboxylic acid groups (broad SMARTS) is 1. The van der Waals surface area contributed by atoms with Crippen molar-refractivity contribution in [3.05, 3.63) is 171 Å². The van der Waals surface area contributed by atoms with Gasteiger partial charge in [-0.3, -0.25) is 4.79 Å². The fourth-order valence-corrected chi connectivity index (χ4v) is 22.1. The normalized spacial score (nSPS) is 40.6. The molecule has 16 aliphatic rings. The van der Waals surface area contributed by atoms with E-state index < -0.39 is 51.7 Å². The Kier molecular flexibility index (Phi) is 12.6. The first-order valence-electron chi connectivity index (χ1n) is 31.9. The van der Waals surface area contributed by atoms with Crippen molar-refractivity contribution in [2.75, 3.05) is 13.1 Å². The lowest BCUT2D eigenvalue weighted by atomic mass is 9.29. The number of aliphatic hydroxyl groups is 3. The number of rotatable bonds is 4. The first-order valence-corrected chi connectivity index (χ1v) is 31.9. The van der Waals surface area contributed by atoms with Crippen molar-refractivity contribution in [2.24, 2.45) is 74.4 Å². The van der Waals surface area contributed by atoms with Gasteiger partial charge < -0.3 is 31.1 Å². The molecule has 4 fully saturated rings. The molecule has 0 radical (unpaired) electrons. The lowest BCUT2D eigenvalue weighted by Crippen LogP contribution is -2.69. The van der Waals surface area contributed by atoms with Gasteiger partial charge in [0.15, 0.2) is 0 Å². The van der Waals surface area contributed by atoms with E-state index in [0.29, 0.717) is 56.9 Å². The number of hydrogen-bond acceptors (Lipinski definition) is 6. The molecule has 0 amide bonds. The molecule has 7 heteroatoms. The molecule has 6 heterocycles. The van der Waals surface area contributed by atoms with E-state index in [4.69, 9.17) is 0 Å². The molecule has 420 valence electrons. The highest BCUT2D eigenvalue weighted by Gasteiger charge is 2.78. The summed E-state index contributed by atoms with van der Waals surface area (Å²) in [5.74, 6) is 8.12. The summed E-state index contributed by atoms with van der Waals surface area (Å²) in [5.41, 5.74) is 10.0. The summed E-state index contributed by atoms with van der Waals surface area (Å²) in [4.78, 5) is 14.5. The molecular weight excluding hydrogens is 997 g/mol. The van der Waals surface area contributed by atoms with Crippen LogP contribution >= 0.6 is 0 Å². The van der Waals surface area contributed by atoms with Crippen molar-refractivity contribution in [1.29, 1.82) is 0 Å². The van der Waals surface area contributed by atoms with Gasteiger partial charge in [0.2, 0.25) is 0 Å². The van der Waals surface area contributed by atoms with Crippen LogP contribution in [0.1, 0.15) is 152 Å². The van der Waals surface area contributed by atoms with Crippen LogP contribution in [0.15, 0.2) is 144 Å². The lowest BCUT2D eigenvalue weighted by molar-refractivity contribution is -0.177. The Balaban J connectivity index is 0.962. The van der Waals surface area contributed by atoms with Gasteiger partial charge in [-0.15, -0.1) is 11.8 Å². The summed E-state index contributed by atoms with van der Waals surface area (Å²) in [7, 11) is 0. The van der Waals surface area contributed by atoms with Crippen LogP contribution in [0.3, 0.4) is 0 Å². The van der Waals surface area contributed by atoms with Crippen molar-refractivity contribution in [3.8, 4) is 11.8 Å². The molecule has 6 aliphatic heterocycles. The van der Waals surface area contributed by atoms with Gasteiger partial charge in [0.25, 0.3) is 0 Å². The smallest absolute Gasteiger partial charge is 0.306 e. The number of hydrogen-bond donors (Lipinski definition) is 6. The first kappa shape index (κ1) is 52.0. The maximum atomic E-state index is 14.5. The number of benzene rings is 3. The molecule has 0 saturated heterocycles. The highest BCUT2D eigenvalue weighted by Crippen LogP contribution is 2.84. The molecule has 18 bridgehead atoms. The van der Waals surface area contributed by atoms with Crippen LogP contribution in [-0.2, 0) is 11.2 Å². The van der Waals surface area contributed by atoms with E-state index in [0.717, 1.165) is 88.6 Å². The minimum Gasteiger partial charge on any atom is -0.516 e. The van der Waals surface area contributed by atoms with Crippen LogP contribution in [0, 0.1) is 86.3 Å². The number of dihydropyridines is 1. The second-order valence-electron chi connectivity index (χ2n) is 28.2. The molecule has 81 heavy (non-hydrogen) atoms. The minimum absolute atomic E-state index is 0.0101. The maximum Gasteiger partial charge on any atom is 0.306 e. The second kappa shape index (κ2) is 19.7. The summed E-state index contributed by atoms with van der Waals surface area (Å²) in [6, 6.07) is 29.6. The zero-order valence-corrected chi connectivity index (χ0v) is 47.7. The fraction of sp³-hybridized carbons (Fsp3) is 0.527. The second-order valence-corrected chi connectivity index (χ2v) is 28.2. The number of carbonyl (C=O) groups is 1. The molecule has 7 nitrogen and oxygen atoms in total. The predicted octanol–water partition coefficient (Wildman–Crippen LogP) is 12.5. The minimum atomic E-state index is -0.804. The molecule has 19 rings (SSSR count). The summed E-state index contributed by atoms with van der Waals surface area (Å²) in [5, 5.41) is 59.7. The summed E-state index contributed by atoms with van der Waals surface area (Å²) >= 11 is 0. The van der Waals surface area contributed by atoms with Crippen molar-refractivity contribution in [2.45, 2.75) is 153 Å². The Bertz CT molecular complexity index is 3460. The molecule has 10 aliphatic carbocycles. The van der Waals surface area contributed by atoms with Gasteiger partial charge in [0.1, 0.15) is 0 Å². The Morgan fingerprint density at radius 1 is 0.877 bits per heavy atom. The van der Waals surface area contributed by atoms with Gasteiger partial charge in [-0.1, -0.05) is 147 Å². The van der Waals surface area contributed by atoms with Gasteiger partial charge in [-0.05, 0) is 187 Å². The molecule has 4 saturated carbocycles. The van der Waals surface area contributed by atoms with Gasteiger partial charge >= 0.3 is 5.97 Å².